The fourth-order valence-electron chi connectivity index (χ4n) is 2.20. The zero-order valence-corrected chi connectivity index (χ0v) is 10.3. The van der Waals surface area contributed by atoms with E-state index in [0.717, 1.165) is 32.5 Å². The molecule has 1 fully saturated rings. The fraction of sp³-hybridized carbons (Fsp3) is 0.917. The molecule has 3 nitrogen and oxygen atoms in total. The minimum absolute atomic E-state index is 0.338. The first-order chi connectivity index (χ1) is 7.15. The summed E-state index contributed by atoms with van der Waals surface area (Å²) < 4.78 is 0. The molecular formula is C12H24N2O. The number of piperazine rings is 1. The lowest BCUT2D eigenvalue weighted by atomic mass is 10.0. The number of amides is 1. The van der Waals surface area contributed by atoms with Gasteiger partial charge in [0.2, 0.25) is 5.91 Å². The summed E-state index contributed by atoms with van der Waals surface area (Å²) in [7, 11) is 0. The van der Waals surface area contributed by atoms with Crippen molar-refractivity contribution in [2.24, 2.45) is 5.92 Å². The van der Waals surface area contributed by atoms with Crippen LogP contribution in [0.3, 0.4) is 0 Å². The Morgan fingerprint density at radius 2 is 2.27 bits per heavy atom. The lowest BCUT2D eigenvalue weighted by Crippen LogP contribution is -2.53. The molecule has 0 saturated carbocycles. The van der Waals surface area contributed by atoms with Gasteiger partial charge in [-0.05, 0) is 18.8 Å². The highest BCUT2D eigenvalue weighted by Crippen LogP contribution is 2.14. The summed E-state index contributed by atoms with van der Waals surface area (Å²) in [5.41, 5.74) is 0. The zero-order valence-electron chi connectivity index (χ0n) is 10.3. The number of hydrogen-bond donors (Lipinski definition) is 1. The van der Waals surface area contributed by atoms with Gasteiger partial charge in [-0.1, -0.05) is 20.8 Å². The van der Waals surface area contributed by atoms with E-state index in [1.165, 1.54) is 0 Å². The molecular weight excluding hydrogens is 188 g/mol. The second-order valence-electron chi connectivity index (χ2n) is 4.82. The minimum Gasteiger partial charge on any atom is -0.337 e. The van der Waals surface area contributed by atoms with Gasteiger partial charge in [0, 0.05) is 32.1 Å². The van der Waals surface area contributed by atoms with Gasteiger partial charge in [-0.2, -0.15) is 0 Å². The van der Waals surface area contributed by atoms with Gasteiger partial charge >= 0.3 is 0 Å². The van der Waals surface area contributed by atoms with Crippen LogP contribution in [0.1, 0.15) is 40.0 Å². The van der Waals surface area contributed by atoms with Gasteiger partial charge in [0.1, 0.15) is 0 Å². The first kappa shape index (κ1) is 12.5. The molecule has 0 spiro atoms. The van der Waals surface area contributed by atoms with Crippen molar-refractivity contribution < 1.29 is 4.79 Å². The Morgan fingerprint density at radius 1 is 1.53 bits per heavy atom. The van der Waals surface area contributed by atoms with Crippen molar-refractivity contribution in [1.82, 2.24) is 10.2 Å². The van der Waals surface area contributed by atoms with Gasteiger partial charge in [-0.15, -0.1) is 0 Å². The van der Waals surface area contributed by atoms with Crippen LogP contribution >= 0.6 is 0 Å². The highest BCUT2D eigenvalue weighted by atomic mass is 16.2. The largest absolute Gasteiger partial charge is 0.337 e. The van der Waals surface area contributed by atoms with Crippen molar-refractivity contribution in [1.29, 1.82) is 0 Å². The smallest absolute Gasteiger partial charge is 0.222 e. The zero-order chi connectivity index (χ0) is 11.3. The van der Waals surface area contributed by atoms with E-state index >= 15 is 0 Å². The molecule has 15 heavy (non-hydrogen) atoms. The monoisotopic (exact) mass is 212 g/mol. The number of rotatable bonds is 4. The maximum Gasteiger partial charge on any atom is 0.222 e. The molecule has 1 aliphatic rings. The molecule has 0 aromatic heterocycles. The quantitative estimate of drug-likeness (QED) is 0.768. The van der Waals surface area contributed by atoms with Crippen LogP contribution < -0.4 is 5.32 Å². The Morgan fingerprint density at radius 3 is 2.87 bits per heavy atom. The molecule has 88 valence electrons. The number of nitrogens with zero attached hydrogens (tertiary/aromatic N) is 1. The summed E-state index contributed by atoms with van der Waals surface area (Å²) in [6.07, 6.45) is 2.77. The molecule has 0 aliphatic carbocycles. The molecule has 1 rings (SSSR count). The molecule has 1 heterocycles. The van der Waals surface area contributed by atoms with E-state index in [1.54, 1.807) is 0 Å². The maximum atomic E-state index is 11.9. The molecule has 0 bridgehead atoms. The summed E-state index contributed by atoms with van der Waals surface area (Å²) in [6.45, 7) is 9.31. The van der Waals surface area contributed by atoms with Gasteiger partial charge in [-0.25, -0.2) is 0 Å². The Hall–Kier alpha value is -0.570. The molecule has 0 radical (unpaired) electrons. The normalized spacial score (nSPS) is 22.1. The second-order valence-corrected chi connectivity index (χ2v) is 4.82. The SMILES string of the molecule is CCCC(=O)N1CCNCC1CC(C)C. The molecule has 1 N–H and O–H groups in total. The fourth-order valence-corrected chi connectivity index (χ4v) is 2.20. The van der Waals surface area contributed by atoms with E-state index in [1.807, 2.05) is 0 Å². The van der Waals surface area contributed by atoms with E-state index < -0.39 is 0 Å². The molecule has 1 amide bonds. The molecule has 1 saturated heterocycles. The van der Waals surface area contributed by atoms with Gasteiger partial charge in [0.25, 0.3) is 0 Å². The Bertz CT molecular complexity index is 204. The number of hydrogen-bond acceptors (Lipinski definition) is 2. The third-order valence-electron chi connectivity index (χ3n) is 2.88. The van der Waals surface area contributed by atoms with Crippen molar-refractivity contribution in [3.63, 3.8) is 0 Å². The van der Waals surface area contributed by atoms with Gasteiger partial charge in [-0.3, -0.25) is 4.79 Å². The van der Waals surface area contributed by atoms with E-state index in [4.69, 9.17) is 0 Å². The summed E-state index contributed by atoms with van der Waals surface area (Å²) in [4.78, 5) is 14.0. The highest BCUT2D eigenvalue weighted by molar-refractivity contribution is 5.76. The van der Waals surface area contributed by atoms with Gasteiger partial charge in [0.05, 0.1) is 0 Å². The van der Waals surface area contributed by atoms with Crippen molar-refractivity contribution in [3.05, 3.63) is 0 Å². The molecule has 0 aromatic carbocycles. The number of nitrogens with one attached hydrogen (secondary N) is 1. The lowest BCUT2D eigenvalue weighted by molar-refractivity contribution is -0.134. The predicted molar refractivity (Wildman–Crippen MR) is 62.7 cm³/mol. The molecule has 1 unspecified atom stereocenters. The van der Waals surface area contributed by atoms with E-state index in [9.17, 15) is 4.79 Å². The summed E-state index contributed by atoms with van der Waals surface area (Å²) >= 11 is 0. The van der Waals surface area contributed by atoms with Crippen LogP contribution in [-0.2, 0) is 4.79 Å². The highest BCUT2D eigenvalue weighted by Gasteiger charge is 2.26. The van der Waals surface area contributed by atoms with Crippen LogP contribution in [0.2, 0.25) is 0 Å². The molecule has 0 aromatic rings. The topological polar surface area (TPSA) is 32.3 Å². The van der Waals surface area contributed by atoms with Crippen molar-refractivity contribution in [3.8, 4) is 0 Å². The summed E-state index contributed by atoms with van der Waals surface area (Å²) in [6, 6.07) is 0.415. The summed E-state index contributed by atoms with van der Waals surface area (Å²) in [5, 5.41) is 3.37. The van der Waals surface area contributed by atoms with Crippen LogP contribution in [0.4, 0.5) is 0 Å². The van der Waals surface area contributed by atoms with Crippen LogP contribution in [-0.4, -0.2) is 36.5 Å². The van der Waals surface area contributed by atoms with Gasteiger partial charge in [0.15, 0.2) is 0 Å². The second kappa shape index (κ2) is 6.11. The number of carbonyl (C=O) groups excluding carboxylic acids is 1. The van der Waals surface area contributed by atoms with Crippen molar-refractivity contribution >= 4 is 5.91 Å². The average Bonchev–Trinajstić information content (AvgIpc) is 2.18. The van der Waals surface area contributed by atoms with Crippen LogP contribution in [0.15, 0.2) is 0 Å². The van der Waals surface area contributed by atoms with Crippen LogP contribution in [0, 0.1) is 5.92 Å². The van der Waals surface area contributed by atoms with Crippen LogP contribution in [0.5, 0.6) is 0 Å². The third kappa shape index (κ3) is 3.82. The minimum atomic E-state index is 0.338. The summed E-state index contributed by atoms with van der Waals surface area (Å²) in [5.74, 6) is 0.997. The van der Waals surface area contributed by atoms with Crippen molar-refractivity contribution in [2.75, 3.05) is 19.6 Å². The Balaban J connectivity index is 2.52. The van der Waals surface area contributed by atoms with Crippen LogP contribution in [0.25, 0.3) is 0 Å². The molecule has 1 atom stereocenters. The Labute approximate surface area is 93.2 Å². The third-order valence-corrected chi connectivity index (χ3v) is 2.88. The lowest BCUT2D eigenvalue weighted by Gasteiger charge is -2.37. The van der Waals surface area contributed by atoms with E-state index in [-0.39, 0.29) is 0 Å². The van der Waals surface area contributed by atoms with E-state index in [0.29, 0.717) is 24.3 Å². The van der Waals surface area contributed by atoms with Crippen molar-refractivity contribution in [2.45, 2.75) is 46.1 Å². The molecule has 1 aliphatic heterocycles. The number of carbonyl (C=O) groups is 1. The van der Waals surface area contributed by atoms with Gasteiger partial charge < -0.3 is 10.2 Å². The van der Waals surface area contributed by atoms with E-state index in [2.05, 4.69) is 31.0 Å². The molecule has 3 heteroatoms. The maximum absolute atomic E-state index is 11.9. The Kier molecular flexibility index (Phi) is 5.09. The predicted octanol–water partition coefficient (Wildman–Crippen LogP) is 1.63. The standard InChI is InChI=1S/C12H24N2O/c1-4-5-12(15)14-7-6-13-9-11(14)8-10(2)3/h10-11,13H,4-9H2,1-3H3. The average molecular weight is 212 g/mol. The first-order valence-corrected chi connectivity index (χ1v) is 6.15. The first-order valence-electron chi connectivity index (χ1n) is 6.15.